The zero-order valence-electron chi connectivity index (χ0n) is 9.90. The first-order valence-corrected chi connectivity index (χ1v) is 5.52. The predicted octanol–water partition coefficient (Wildman–Crippen LogP) is 1.75. The fourth-order valence-electron chi connectivity index (χ4n) is 2.37. The lowest BCUT2D eigenvalue weighted by atomic mass is 9.81. The summed E-state index contributed by atoms with van der Waals surface area (Å²) in [5, 5.41) is 19.6. The molecule has 2 heterocycles. The van der Waals surface area contributed by atoms with Crippen molar-refractivity contribution >= 4 is 5.97 Å². The molecule has 2 N–H and O–H groups in total. The van der Waals surface area contributed by atoms with Gasteiger partial charge in [0.2, 0.25) is 0 Å². The largest absolute Gasteiger partial charge is 0.478 e. The molecule has 1 unspecified atom stereocenters. The SMILES string of the molecule is CC1(C)CC(O)(c2occc2C(=O)O)CCO1. The van der Waals surface area contributed by atoms with E-state index in [4.69, 9.17) is 14.3 Å². The Balaban J connectivity index is 2.37. The Morgan fingerprint density at radius 1 is 1.47 bits per heavy atom. The Kier molecular flexibility index (Phi) is 2.75. The fourth-order valence-corrected chi connectivity index (χ4v) is 2.37. The molecule has 1 aliphatic heterocycles. The topological polar surface area (TPSA) is 79.9 Å². The Bertz CT molecular complexity index is 434. The van der Waals surface area contributed by atoms with Crippen LogP contribution in [0.2, 0.25) is 0 Å². The number of carboxylic acid groups (broad SMARTS) is 1. The summed E-state index contributed by atoms with van der Waals surface area (Å²) < 4.78 is 10.7. The standard InChI is InChI=1S/C12H16O5/c1-11(2)7-12(15,4-6-17-11)9-8(10(13)14)3-5-16-9/h3,5,15H,4,6-7H2,1-2H3,(H,13,14). The molecule has 0 saturated carbocycles. The summed E-state index contributed by atoms with van der Waals surface area (Å²) in [6.07, 6.45) is 1.94. The van der Waals surface area contributed by atoms with E-state index in [1.54, 1.807) is 0 Å². The monoisotopic (exact) mass is 240 g/mol. The number of aromatic carboxylic acids is 1. The summed E-state index contributed by atoms with van der Waals surface area (Å²) in [5.74, 6) is -0.965. The molecule has 5 nitrogen and oxygen atoms in total. The minimum Gasteiger partial charge on any atom is -0.478 e. The van der Waals surface area contributed by atoms with E-state index >= 15 is 0 Å². The van der Waals surface area contributed by atoms with E-state index in [0.717, 1.165) is 0 Å². The van der Waals surface area contributed by atoms with Crippen molar-refractivity contribution in [1.29, 1.82) is 0 Å². The molecule has 94 valence electrons. The highest BCUT2D eigenvalue weighted by molar-refractivity contribution is 5.89. The Morgan fingerprint density at radius 2 is 2.18 bits per heavy atom. The van der Waals surface area contributed by atoms with E-state index in [1.165, 1.54) is 12.3 Å². The third kappa shape index (κ3) is 2.21. The average Bonchev–Trinajstić information content (AvgIpc) is 2.63. The first-order valence-electron chi connectivity index (χ1n) is 5.52. The van der Waals surface area contributed by atoms with Crippen molar-refractivity contribution in [2.75, 3.05) is 6.61 Å². The maximum atomic E-state index is 11.0. The number of furan rings is 1. The highest BCUT2D eigenvalue weighted by Gasteiger charge is 2.44. The second-order valence-electron chi connectivity index (χ2n) is 5.04. The molecule has 1 saturated heterocycles. The van der Waals surface area contributed by atoms with Gasteiger partial charge in [-0.2, -0.15) is 0 Å². The maximum absolute atomic E-state index is 11.0. The Hall–Kier alpha value is -1.33. The van der Waals surface area contributed by atoms with Crippen molar-refractivity contribution in [2.24, 2.45) is 0 Å². The van der Waals surface area contributed by atoms with Gasteiger partial charge in [-0.25, -0.2) is 4.79 Å². The minimum atomic E-state index is -1.26. The minimum absolute atomic E-state index is 0.0187. The number of hydrogen-bond acceptors (Lipinski definition) is 4. The smallest absolute Gasteiger partial charge is 0.339 e. The van der Waals surface area contributed by atoms with Crippen molar-refractivity contribution in [3.05, 3.63) is 23.7 Å². The van der Waals surface area contributed by atoms with Crippen LogP contribution in [0.25, 0.3) is 0 Å². The lowest BCUT2D eigenvalue weighted by Gasteiger charge is -2.40. The number of ether oxygens (including phenoxy) is 1. The lowest BCUT2D eigenvalue weighted by Crippen LogP contribution is -2.44. The van der Waals surface area contributed by atoms with E-state index in [0.29, 0.717) is 19.4 Å². The van der Waals surface area contributed by atoms with Gasteiger partial charge in [0.05, 0.1) is 18.5 Å². The van der Waals surface area contributed by atoms with Gasteiger partial charge in [0.25, 0.3) is 0 Å². The molecule has 1 aromatic rings. The molecular weight excluding hydrogens is 224 g/mol. The summed E-state index contributed by atoms with van der Waals surface area (Å²) >= 11 is 0. The van der Waals surface area contributed by atoms with Gasteiger partial charge in [0.15, 0.2) is 0 Å². The summed E-state index contributed by atoms with van der Waals surface area (Å²) in [7, 11) is 0. The summed E-state index contributed by atoms with van der Waals surface area (Å²) in [4.78, 5) is 11.0. The highest BCUT2D eigenvalue weighted by Crippen LogP contribution is 2.40. The van der Waals surface area contributed by atoms with Crippen LogP contribution >= 0.6 is 0 Å². The molecule has 1 atom stereocenters. The zero-order chi connectivity index (χ0) is 12.7. The number of aliphatic hydroxyl groups is 1. The molecule has 1 aromatic heterocycles. The quantitative estimate of drug-likeness (QED) is 0.823. The van der Waals surface area contributed by atoms with Gasteiger partial charge in [0.1, 0.15) is 16.9 Å². The third-order valence-electron chi connectivity index (χ3n) is 3.04. The number of carbonyl (C=O) groups is 1. The van der Waals surface area contributed by atoms with Gasteiger partial charge < -0.3 is 19.4 Å². The summed E-state index contributed by atoms with van der Waals surface area (Å²) in [6.45, 7) is 4.10. The predicted molar refractivity (Wildman–Crippen MR) is 58.8 cm³/mol. The van der Waals surface area contributed by atoms with E-state index in [9.17, 15) is 9.90 Å². The van der Waals surface area contributed by atoms with Crippen molar-refractivity contribution in [3.8, 4) is 0 Å². The summed E-state index contributed by atoms with van der Waals surface area (Å²) in [5.41, 5.74) is -1.74. The molecule has 0 aromatic carbocycles. The van der Waals surface area contributed by atoms with Crippen molar-refractivity contribution in [3.63, 3.8) is 0 Å². The average molecular weight is 240 g/mol. The van der Waals surface area contributed by atoms with Crippen molar-refractivity contribution in [2.45, 2.75) is 37.9 Å². The zero-order valence-corrected chi connectivity index (χ0v) is 9.90. The molecule has 1 fully saturated rings. The van der Waals surface area contributed by atoms with Crippen molar-refractivity contribution < 1.29 is 24.2 Å². The van der Waals surface area contributed by atoms with Gasteiger partial charge in [-0.1, -0.05) is 0 Å². The number of hydrogen-bond donors (Lipinski definition) is 2. The molecule has 0 bridgehead atoms. The number of carboxylic acids is 1. The normalized spacial score (nSPS) is 27.9. The molecule has 2 rings (SSSR count). The summed E-state index contributed by atoms with van der Waals surface area (Å²) in [6, 6.07) is 1.36. The van der Waals surface area contributed by atoms with Crippen LogP contribution in [0.4, 0.5) is 0 Å². The molecule has 0 amide bonds. The van der Waals surface area contributed by atoms with Crippen LogP contribution < -0.4 is 0 Å². The van der Waals surface area contributed by atoms with Gasteiger partial charge >= 0.3 is 5.97 Å². The molecule has 1 aliphatic rings. The van der Waals surface area contributed by atoms with Crippen LogP contribution in [-0.2, 0) is 10.3 Å². The molecule has 5 heteroatoms. The van der Waals surface area contributed by atoms with E-state index in [1.807, 2.05) is 13.8 Å². The Labute approximate surface area is 99.0 Å². The first-order chi connectivity index (χ1) is 7.84. The van der Waals surface area contributed by atoms with Crippen molar-refractivity contribution in [1.82, 2.24) is 0 Å². The molecular formula is C12H16O5. The Morgan fingerprint density at radius 3 is 2.76 bits per heavy atom. The van der Waals surface area contributed by atoms with Gasteiger partial charge in [-0.3, -0.25) is 0 Å². The van der Waals surface area contributed by atoms with Gasteiger partial charge in [-0.05, 0) is 19.9 Å². The van der Waals surface area contributed by atoms with E-state index < -0.39 is 17.2 Å². The first kappa shape index (κ1) is 12.1. The molecule has 17 heavy (non-hydrogen) atoms. The lowest BCUT2D eigenvalue weighted by molar-refractivity contribution is -0.155. The van der Waals surface area contributed by atoms with Gasteiger partial charge in [0, 0.05) is 12.8 Å². The molecule has 0 radical (unpaired) electrons. The maximum Gasteiger partial charge on any atom is 0.339 e. The fraction of sp³-hybridized carbons (Fsp3) is 0.583. The van der Waals surface area contributed by atoms with Crippen LogP contribution in [0, 0.1) is 0 Å². The van der Waals surface area contributed by atoms with Crippen LogP contribution in [0.1, 0.15) is 42.8 Å². The van der Waals surface area contributed by atoms with E-state index in [2.05, 4.69) is 0 Å². The molecule has 0 aliphatic carbocycles. The van der Waals surface area contributed by atoms with Crippen LogP contribution in [0.3, 0.4) is 0 Å². The van der Waals surface area contributed by atoms with Crippen LogP contribution in [0.15, 0.2) is 16.7 Å². The van der Waals surface area contributed by atoms with Gasteiger partial charge in [-0.15, -0.1) is 0 Å². The van der Waals surface area contributed by atoms with Crippen LogP contribution in [0.5, 0.6) is 0 Å². The molecule has 0 spiro atoms. The van der Waals surface area contributed by atoms with Crippen LogP contribution in [-0.4, -0.2) is 28.4 Å². The third-order valence-corrected chi connectivity index (χ3v) is 3.04. The number of rotatable bonds is 2. The second kappa shape index (κ2) is 3.85. The highest BCUT2D eigenvalue weighted by atomic mass is 16.5. The van der Waals surface area contributed by atoms with E-state index in [-0.39, 0.29) is 11.3 Å². The second-order valence-corrected chi connectivity index (χ2v) is 5.04.